The van der Waals surface area contributed by atoms with Gasteiger partial charge in [-0.2, -0.15) is 5.10 Å². The molecule has 0 saturated heterocycles. The van der Waals surface area contributed by atoms with Gasteiger partial charge in [0.1, 0.15) is 5.69 Å². The molecule has 106 valence electrons. The highest BCUT2D eigenvalue weighted by molar-refractivity contribution is 9.10. The summed E-state index contributed by atoms with van der Waals surface area (Å²) in [7, 11) is 1.63. The number of methoxy groups -OCH3 is 1. The first-order chi connectivity index (χ1) is 9.54. The zero-order valence-corrected chi connectivity index (χ0v) is 13.4. The molecule has 20 heavy (non-hydrogen) atoms. The van der Waals surface area contributed by atoms with Gasteiger partial charge in [0.2, 0.25) is 5.78 Å². The van der Waals surface area contributed by atoms with Crippen LogP contribution in [0.1, 0.15) is 27.2 Å². The topological polar surface area (TPSA) is 44.1 Å². The van der Waals surface area contributed by atoms with Gasteiger partial charge in [-0.05, 0) is 41.4 Å². The van der Waals surface area contributed by atoms with Crippen LogP contribution in [0, 0.1) is 13.8 Å². The van der Waals surface area contributed by atoms with E-state index in [0.29, 0.717) is 28.9 Å². The molecule has 0 aliphatic rings. The van der Waals surface area contributed by atoms with E-state index in [1.807, 2.05) is 32.0 Å². The molecule has 2 rings (SSSR count). The predicted octanol–water partition coefficient (Wildman–Crippen LogP) is 3.14. The highest BCUT2D eigenvalue weighted by atomic mass is 79.9. The van der Waals surface area contributed by atoms with E-state index in [0.717, 1.165) is 11.1 Å². The molecule has 0 bridgehead atoms. The van der Waals surface area contributed by atoms with Crippen molar-refractivity contribution in [1.82, 2.24) is 9.78 Å². The summed E-state index contributed by atoms with van der Waals surface area (Å²) in [5.41, 5.74) is 3.31. The summed E-state index contributed by atoms with van der Waals surface area (Å²) in [5.74, 6) is -0.0216. The minimum absolute atomic E-state index is 0.0216. The molecular formula is C15H17BrN2O2. The average Bonchev–Trinajstić information content (AvgIpc) is 2.79. The van der Waals surface area contributed by atoms with Crippen molar-refractivity contribution in [3.63, 3.8) is 0 Å². The maximum Gasteiger partial charge on any atom is 0.212 e. The molecule has 0 fully saturated rings. The molecule has 0 amide bonds. The molecule has 0 spiro atoms. The number of rotatable bonds is 5. The van der Waals surface area contributed by atoms with Crippen LogP contribution in [0.3, 0.4) is 0 Å². The second kappa shape index (κ2) is 6.33. The molecular weight excluding hydrogens is 320 g/mol. The molecule has 4 nitrogen and oxygen atoms in total. The number of benzene rings is 1. The van der Waals surface area contributed by atoms with Crippen molar-refractivity contribution in [2.75, 3.05) is 13.7 Å². The third-order valence-corrected chi connectivity index (χ3v) is 3.74. The number of ketones is 1. The first-order valence-electron chi connectivity index (χ1n) is 6.36. The number of hydrogen-bond acceptors (Lipinski definition) is 3. The molecule has 2 aromatic rings. The van der Waals surface area contributed by atoms with Crippen LogP contribution < -0.4 is 0 Å². The number of aryl methyl sites for hydroxylation is 2. The lowest BCUT2D eigenvalue weighted by Crippen LogP contribution is -2.15. The zero-order valence-electron chi connectivity index (χ0n) is 11.8. The zero-order chi connectivity index (χ0) is 14.7. The molecule has 0 unspecified atom stereocenters. The van der Waals surface area contributed by atoms with Gasteiger partial charge in [-0.3, -0.25) is 9.48 Å². The van der Waals surface area contributed by atoms with E-state index in [4.69, 9.17) is 4.74 Å². The molecule has 0 aliphatic carbocycles. The molecule has 0 N–H and O–H groups in total. The standard InChI is InChI=1S/C15H17BrN2O2/c1-10-4-5-11(2)12(8-10)15(19)14-13(16)9-17-18(14)6-7-20-3/h4-5,8-9H,6-7H2,1-3H3. The Labute approximate surface area is 126 Å². The highest BCUT2D eigenvalue weighted by Gasteiger charge is 2.20. The number of hydrogen-bond donors (Lipinski definition) is 0. The lowest BCUT2D eigenvalue weighted by molar-refractivity contribution is 0.102. The third-order valence-electron chi connectivity index (χ3n) is 3.15. The summed E-state index contributed by atoms with van der Waals surface area (Å²) in [4.78, 5) is 12.8. The molecule has 0 radical (unpaired) electrons. The number of nitrogens with zero attached hydrogens (tertiary/aromatic N) is 2. The van der Waals surface area contributed by atoms with Crippen LogP contribution in [0.4, 0.5) is 0 Å². The van der Waals surface area contributed by atoms with Gasteiger partial charge in [-0.1, -0.05) is 17.7 Å². The van der Waals surface area contributed by atoms with Gasteiger partial charge in [0, 0.05) is 12.7 Å². The highest BCUT2D eigenvalue weighted by Crippen LogP contribution is 2.22. The third kappa shape index (κ3) is 2.99. The summed E-state index contributed by atoms with van der Waals surface area (Å²) in [6.07, 6.45) is 1.65. The first kappa shape index (κ1) is 14.9. The van der Waals surface area contributed by atoms with Crippen molar-refractivity contribution in [2.45, 2.75) is 20.4 Å². The lowest BCUT2D eigenvalue weighted by Gasteiger charge is -2.09. The first-order valence-corrected chi connectivity index (χ1v) is 7.16. The molecule has 1 heterocycles. The normalized spacial score (nSPS) is 10.8. The van der Waals surface area contributed by atoms with Gasteiger partial charge in [-0.25, -0.2) is 0 Å². The summed E-state index contributed by atoms with van der Waals surface area (Å²) in [6.45, 7) is 4.99. The molecule has 1 aromatic heterocycles. The number of halogens is 1. The van der Waals surface area contributed by atoms with Crippen molar-refractivity contribution in [3.05, 3.63) is 51.3 Å². The SMILES string of the molecule is COCCn1ncc(Br)c1C(=O)c1cc(C)ccc1C. The molecule has 1 aromatic carbocycles. The predicted molar refractivity (Wildman–Crippen MR) is 81.2 cm³/mol. The maximum atomic E-state index is 12.8. The Bertz CT molecular complexity index is 635. The van der Waals surface area contributed by atoms with Crippen LogP contribution in [-0.4, -0.2) is 29.3 Å². The van der Waals surface area contributed by atoms with Gasteiger partial charge >= 0.3 is 0 Å². The summed E-state index contributed by atoms with van der Waals surface area (Å²) < 4.78 is 7.44. The molecule has 0 saturated carbocycles. The van der Waals surface area contributed by atoms with E-state index in [2.05, 4.69) is 21.0 Å². The van der Waals surface area contributed by atoms with E-state index in [1.165, 1.54) is 0 Å². The Kier molecular flexibility index (Phi) is 4.73. The summed E-state index contributed by atoms with van der Waals surface area (Å²) in [6, 6.07) is 5.88. The van der Waals surface area contributed by atoms with Gasteiger partial charge in [0.05, 0.1) is 23.8 Å². The van der Waals surface area contributed by atoms with Gasteiger partial charge in [-0.15, -0.1) is 0 Å². The van der Waals surface area contributed by atoms with Crippen molar-refractivity contribution < 1.29 is 9.53 Å². The minimum Gasteiger partial charge on any atom is -0.383 e. The van der Waals surface area contributed by atoms with E-state index >= 15 is 0 Å². The number of carbonyl (C=O) groups is 1. The number of carbonyl (C=O) groups excluding carboxylic acids is 1. The minimum atomic E-state index is -0.0216. The smallest absolute Gasteiger partial charge is 0.212 e. The second-order valence-electron chi connectivity index (χ2n) is 4.70. The quantitative estimate of drug-likeness (QED) is 0.788. The Morgan fingerprint density at radius 3 is 2.85 bits per heavy atom. The van der Waals surface area contributed by atoms with Gasteiger partial charge < -0.3 is 4.74 Å². The van der Waals surface area contributed by atoms with Crippen LogP contribution in [0.2, 0.25) is 0 Å². The van der Waals surface area contributed by atoms with Crippen molar-refractivity contribution >= 4 is 21.7 Å². The van der Waals surface area contributed by atoms with E-state index in [9.17, 15) is 4.79 Å². The largest absolute Gasteiger partial charge is 0.383 e. The Balaban J connectivity index is 2.42. The van der Waals surface area contributed by atoms with Gasteiger partial charge in [0.25, 0.3) is 0 Å². The Morgan fingerprint density at radius 2 is 2.15 bits per heavy atom. The number of ether oxygens (including phenoxy) is 1. The lowest BCUT2D eigenvalue weighted by atomic mass is 10.0. The fourth-order valence-electron chi connectivity index (χ4n) is 2.04. The van der Waals surface area contributed by atoms with E-state index in [1.54, 1.807) is 18.0 Å². The van der Waals surface area contributed by atoms with Crippen LogP contribution in [0.25, 0.3) is 0 Å². The Hall–Kier alpha value is -1.46. The molecule has 0 atom stereocenters. The molecule has 5 heteroatoms. The second-order valence-corrected chi connectivity index (χ2v) is 5.56. The molecule has 0 aliphatic heterocycles. The summed E-state index contributed by atoms with van der Waals surface area (Å²) in [5, 5.41) is 4.22. The number of aromatic nitrogens is 2. The monoisotopic (exact) mass is 336 g/mol. The van der Waals surface area contributed by atoms with Crippen LogP contribution in [-0.2, 0) is 11.3 Å². The Morgan fingerprint density at radius 1 is 1.40 bits per heavy atom. The van der Waals surface area contributed by atoms with E-state index in [-0.39, 0.29) is 5.78 Å². The van der Waals surface area contributed by atoms with Gasteiger partial charge in [0.15, 0.2) is 0 Å². The fourth-order valence-corrected chi connectivity index (χ4v) is 2.52. The average molecular weight is 337 g/mol. The van der Waals surface area contributed by atoms with Crippen molar-refractivity contribution in [2.24, 2.45) is 0 Å². The van der Waals surface area contributed by atoms with Crippen molar-refractivity contribution in [3.8, 4) is 0 Å². The summed E-state index contributed by atoms with van der Waals surface area (Å²) >= 11 is 3.41. The van der Waals surface area contributed by atoms with Crippen LogP contribution in [0.5, 0.6) is 0 Å². The van der Waals surface area contributed by atoms with Crippen LogP contribution >= 0.6 is 15.9 Å². The van der Waals surface area contributed by atoms with Crippen molar-refractivity contribution in [1.29, 1.82) is 0 Å². The van der Waals surface area contributed by atoms with Crippen LogP contribution in [0.15, 0.2) is 28.9 Å². The fraction of sp³-hybridized carbons (Fsp3) is 0.333. The maximum absolute atomic E-state index is 12.8. The van der Waals surface area contributed by atoms with E-state index < -0.39 is 0 Å².